The first kappa shape index (κ1) is 14.4. The van der Waals surface area contributed by atoms with Crippen LogP contribution in [-0.2, 0) is 13.1 Å². The van der Waals surface area contributed by atoms with E-state index in [2.05, 4.69) is 57.4 Å². The Balaban J connectivity index is 1.33. The lowest BCUT2D eigenvalue weighted by Gasteiger charge is -2.21. The van der Waals surface area contributed by atoms with Crippen LogP contribution in [0.1, 0.15) is 24.0 Å². The zero-order valence-corrected chi connectivity index (χ0v) is 13.8. The first-order valence-electron chi connectivity index (χ1n) is 8.39. The van der Waals surface area contributed by atoms with Crippen LogP contribution in [-0.4, -0.2) is 24.0 Å². The molecule has 2 aliphatic rings. The Kier molecular flexibility index (Phi) is 4.28. The summed E-state index contributed by atoms with van der Waals surface area (Å²) in [6.07, 6.45) is 2.76. The number of hydrogen-bond donors (Lipinski definition) is 1. The second-order valence-corrected chi connectivity index (χ2v) is 7.58. The molecule has 116 valence electrons. The average molecular weight is 312 g/mol. The van der Waals surface area contributed by atoms with Gasteiger partial charge in [-0.05, 0) is 52.6 Å². The Labute approximate surface area is 137 Å². The zero-order valence-electron chi connectivity index (χ0n) is 12.9. The summed E-state index contributed by atoms with van der Waals surface area (Å²) in [6.45, 7) is 4.71. The first-order chi connectivity index (χ1) is 10.9. The molecular formula is C19H24N2S. The Bertz CT molecular complexity index is 581. The van der Waals surface area contributed by atoms with Gasteiger partial charge in [-0.15, -0.1) is 0 Å². The Morgan fingerprint density at radius 3 is 2.77 bits per heavy atom. The molecule has 2 heterocycles. The predicted octanol–water partition coefficient (Wildman–Crippen LogP) is 3.75. The second-order valence-electron chi connectivity index (χ2n) is 6.80. The van der Waals surface area contributed by atoms with Gasteiger partial charge in [0.15, 0.2) is 0 Å². The molecule has 4 rings (SSSR count). The molecule has 1 aromatic carbocycles. The van der Waals surface area contributed by atoms with Crippen molar-refractivity contribution in [2.45, 2.75) is 32.0 Å². The molecule has 3 heteroatoms. The monoisotopic (exact) mass is 312 g/mol. The van der Waals surface area contributed by atoms with E-state index in [1.807, 2.05) is 0 Å². The minimum Gasteiger partial charge on any atom is -0.310 e. The number of hydrogen-bond acceptors (Lipinski definition) is 3. The van der Waals surface area contributed by atoms with Crippen LogP contribution in [0, 0.1) is 11.8 Å². The lowest BCUT2D eigenvalue weighted by Crippen LogP contribution is -2.35. The molecule has 2 aromatic rings. The molecule has 2 fully saturated rings. The molecule has 0 unspecified atom stereocenters. The van der Waals surface area contributed by atoms with Gasteiger partial charge in [-0.1, -0.05) is 30.3 Å². The molecule has 0 bridgehead atoms. The van der Waals surface area contributed by atoms with Crippen LogP contribution in [0.4, 0.5) is 0 Å². The quantitative estimate of drug-likeness (QED) is 0.904. The van der Waals surface area contributed by atoms with E-state index < -0.39 is 0 Å². The van der Waals surface area contributed by atoms with E-state index in [4.69, 9.17) is 0 Å². The van der Waals surface area contributed by atoms with Crippen LogP contribution in [0.15, 0.2) is 47.2 Å². The van der Waals surface area contributed by atoms with E-state index in [1.54, 1.807) is 11.3 Å². The lowest BCUT2D eigenvalue weighted by molar-refractivity contribution is 0.288. The third-order valence-electron chi connectivity index (χ3n) is 5.33. The van der Waals surface area contributed by atoms with Crippen molar-refractivity contribution in [1.29, 1.82) is 0 Å². The van der Waals surface area contributed by atoms with Gasteiger partial charge in [-0.25, -0.2) is 0 Å². The molecule has 1 aliphatic carbocycles. The van der Waals surface area contributed by atoms with Crippen LogP contribution >= 0.6 is 11.3 Å². The number of nitrogens with zero attached hydrogens (tertiary/aromatic N) is 1. The van der Waals surface area contributed by atoms with Crippen molar-refractivity contribution in [3.63, 3.8) is 0 Å². The third-order valence-corrected chi connectivity index (χ3v) is 6.06. The van der Waals surface area contributed by atoms with Crippen LogP contribution in [0.25, 0.3) is 0 Å². The van der Waals surface area contributed by atoms with E-state index in [0.29, 0.717) is 6.04 Å². The van der Waals surface area contributed by atoms with Crippen molar-refractivity contribution in [3.05, 3.63) is 58.3 Å². The Morgan fingerprint density at radius 2 is 1.95 bits per heavy atom. The Morgan fingerprint density at radius 1 is 1.05 bits per heavy atom. The summed E-state index contributed by atoms with van der Waals surface area (Å²) in [6, 6.07) is 13.9. The molecular weight excluding hydrogens is 288 g/mol. The zero-order chi connectivity index (χ0) is 14.8. The van der Waals surface area contributed by atoms with Crippen molar-refractivity contribution in [1.82, 2.24) is 10.2 Å². The normalized spacial score (nSPS) is 28.1. The maximum atomic E-state index is 3.82. The summed E-state index contributed by atoms with van der Waals surface area (Å²) in [5.74, 6) is 1.76. The van der Waals surface area contributed by atoms with Crippen molar-refractivity contribution in [2.75, 3.05) is 13.1 Å². The van der Waals surface area contributed by atoms with Gasteiger partial charge in [-0.3, -0.25) is 4.90 Å². The highest BCUT2D eigenvalue weighted by atomic mass is 32.1. The standard InChI is InChI=1S/C19H24N2S/c1-2-4-15(5-3-1)11-21-12-17-6-7-19(18(17)13-21)20-10-16-8-9-22-14-16/h1-5,8-9,14,17-20H,6-7,10-13H2/t17-,18-,19-/m0/s1. The molecule has 0 spiro atoms. The number of rotatable bonds is 5. The van der Waals surface area contributed by atoms with Crippen molar-refractivity contribution >= 4 is 11.3 Å². The maximum Gasteiger partial charge on any atom is 0.0233 e. The summed E-state index contributed by atoms with van der Waals surface area (Å²) in [5, 5.41) is 8.25. The molecule has 0 amide bonds. The van der Waals surface area contributed by atoms with Gasteiger partial charge in [-0.2, -0.15) is 11.3 Å². The van der Waals surface area contributed by atoms with Crippen LogP contribution < -0.4 is 5.32 Å². The SMILES string of the molecule is c1ccc(CN2C[C@@H]3CC[C@H](NCc4ccsc4)[C@H]3C2)cc1. The van der Waals surface area contributed by atoms with Gasteiger partial charge in [0.1, 0.15) is 0 Å². The van der Waals surface area contributed by atoms with E-state index >= 15 is 0 Å². The van der Waals surface area contributed by atoms with Gasteiger partial charge in [0.05, 0.1) is 0 Å². The molecule has 1 saturated heterocycles. The number of fused-ring (bicyclic) bond motifs is 1. The summed E-state index contributed by atoms with van der Waals surface area (Å²) in [7, 11) is 0. The maximum absolute atomic E-state index is 3.82. The van der Waals surface area contributed by atoms with E-state index in [0.717, 1.165) is 24.9 Å². The highest BCUT2D eigenvalue weighted by Gasteiger charge is 2.42. The molecule has 22 heavy (non-hydrogen) atoms. The van der Waals surface area contributed by atoms with E-state index in [1.165, 1.54) is 37.1 Å². The number of benzene rings is 1. The van der Waals surface area contributed by atoms with Crippen LogP contribution in [0.3, 0.4) is 0 Å². The largest absolute Gasteiger partial charge is 0.310 e. The predicted molar refractivity (Wildman–Crippen MR) is 92.9 cm³/mol. The van der Waals surface area contributed by atoms with Gasteiger partial charge in [0.25, 0.3) is 0 Å². The van der Waals surface area contributed by atoms with Gasteiger partial charge in [0, 0.05) is 32.2 Å². The lowest BCUT2D eigenvalue weighted by atomic mass is 9.98. The van der Waals surface area contributed by atoms with Crippen LogP contribution in [0.2, 0.25) is 0 Å². The van der Waals surface area contributed by atoms with E-state index in [-0.39, 0.29) is 0 Å². The van der Waals surface area contributed by atoms with E-state index in [9.17, 15) is 0 Å². The molecule has 1 aromatic heterocycles. The average Bonchev–Trinajstić information content (AvgIpc) is 3.24. The van der Waals surface area contributed by atoms with Crippen molar-refractivity contribution in [3.8, 4) is 0 Å². The summed E-state index contributed by atoms with van der Waals surface area (Å²) in [4.78, 5) is 2.66. The van der Waals surface area contributed by atoms with Crippen molar-refractivity contribution < 1.29 is 0 Å². The van der Waals surface area contributed by atoms with Crippen molar-refractivity contribution in [2.24, 2.45) is 11.8 Å². The summed E-state index contributed by atoms with van der Waals surface area (Å²) in [5.41, 5.74) is 2.89. The molecule has 0 radical (unpaired) electrons. The fourth-order valence-corrected chi connectivity index (χ4v) is 4.89. The first-order valence-corrected chi connectivity index (χ1v) is 9.33. The fourth-order valence-electron chi connectivity index (χ4n) is 4.22. The Hall–Kier alpha value is -1.16. The smallest absolute Gasteiger partial charge is 0.0233 e. The number of nitrogens with one attached hydrogen (secondary N) is 1. The molecule has 1 N–H and O–H groups in total. The third kappa shape index (κ3) is 3.12. The minimum absolute atomic E-state index is 0.714. The van der Waals surface area contributed by atoms with Gasteiger partial charge < -0.3 is 5.32 Å². The summed E-state index contributed by atoms with van der Waals surface area (Å²) < 4.78 is 0. The second kappa shape index (κ2) is 6.53. The van der Waals surface area contributed by atoms with Gasteiger partial charge >= 0.3 is 0 Å². The number of thiophene rings is 1. The van der Waals surface area contributed by atoms with Crippen LogP contribution in [0.5, 0.6) is 0 Å². The minimum atomic E-state index is 0.714. The highest BCUT2D eigenvalue weighted by Crippen LogP contribution is 2.38. The van der Waals surface area contributed by atoms with Gasteiger partial charge in [0.2, 0.25) is 0 Å². The topological polar surface area (TPSA) is 15.3 Å². The number of likely N-dealkylation sites (tertiary alicyclic amines) is 1. The summed E-state index contributed by atoms with van der Waals surface area (Å²) >= 11 is 1.79. The fraction of sp³-hybridized carbons (Fsp3) is 0.474. The highest BCUT2D eigenvalue weighted by molar-refractivity contribution is 7.07. The molecule has 3 atom stereocenters. The molecule has 1 aliphatic heterocycles. The molecule has 1 saturated carbocycles. The molecule has 2 nitrogen and oxygen atoms in total.